The monoisotopic (exact) mass is 256 g/mol. The molecular formula is C12H20N2O4. The Hall–Kier alpha value is -1.40. The molecule has 6 heteroatoms. The van der Waals surface area contributed by atoms with E-state index in [0.717, 1.165) is 6.42 Å². The molecule has 1 aromatic heterocycles. The predicted octanol–water partition coefficient (Wildman–Crippen LogP) is 1.10. The van der Waals surface area contributed by atoms with Crippen molar-refractivity contribution in [1.82, 2.24) is 10.5 Å². The minimum atomic E-state index is -0.438. The molecule has 0 aliphatic rings. The number of hydrogen-bond donors (Lipinski definition) is 2. The number of aromatic nitrogens is 1. The van der Waals surface area contributed by atoms with Crippen LogP contribution < -0.4 is 5.32 Å². The maximum absolute atomic E-state index is 12.0. The van der Waals surface area contributed by atoms with E-state index >= 15 is 0 Å². The number of carbonyl (C=O) groups is 1. The lowest BCUT2D eigenvalue weighted by atomic mass is 9.95. The van der Waals surface area contributed by atoms with Gasteiger partial charge in [-0.2, -0.15) is 0 Å². The van der Waals surface area contributed by atoms with Crippen LogP contribution in [-0.4, -0.2) is 35.4 Å². The predicted molar refractivity (Wildman–Crippen MR) is 65.1 cm³/mol. The van der Waals surface area contributed by atoms with Crippen molar-refractivity contribution in [1.29, 1.82) is 0 Å². The average molecular weight is 256 g/mol. The Kier molecular flexibility index (Phi) is 5.30. The summed E-state index contributed by atoms with van der Waals surface area (Å²) in [4.78, 5) is 12.0. The number of carbonyl (C=O) groups excluding carboxylic acids is 1. The quantitative estimate of drug-likeness (QED) is 0.763. The molecule has 0 aliphatic heterocycles. The zero-order chi connectivity index (χ0) is 13.6. The zero-order valence-corrected chi connectivity index (χ0v) is 11.0. The highest BCUT2D eigenvalue weighted by molar-refractivity contribution is 5.92. The number of nitrogens with one attached hydrogen (secondary N) is 1. The first kappa shape index (κ1) is 14.7. The van der Waals surface area contributed by atoms with Crippen LogP contribution in [0, 0.1) is 0 Å². The molecular weight excluding hydrogens is 236 g/mol. The van der Waals surface area contributed by atoms with Gasteiger partial charge in [0.1, 0.15) is 6.61 Å². The summed E-state index contributed by atoms with van der Waals surface area (Å²) < 4.78 is 9.83. The normalized spacial score (nSPS) is 14.2. The van der Waals surface area contributed by atoms with Crippen LogP contribution in [0.5, 0.6) is 0 Å². The van der Waals surface area contributed by atoms with Crippen LogP contribution in [0.1, 0.15) is 42.9 Å². The smallest absolute Gasteiger partial charge is 0.273 e. The van der Waals surface area contributed by atoms with E-state index < -0.39 is 5.54 Å². The molecule has 0 aromatic carbocycles. The van der Waals surface area contributed by atoms with Gasteiger partial charge in [0, 0.05) is 25.3 Å². The van der Waals surface area contributed by atoms with Crippen LogP contribution >= 0.6 is 0 Å². The zero-order valence-electron chi connectivity index (χ0n) is 11.0. The molecule has 0 fully saturated rings. The fourth-order valence-corrected chi connectivity index (χ4v) is 1.54. The molecule has 2 N–H and O–H groups in total. The molecule has 102 valence electrons. The molecule has 0 spiro atoms. The van der Waals surface area contributed by atoms with E-state index in [9.17, 15) is 4.79 Å². The highest BCUT2D eigenvalue weighted by Crippen LogP contribution is 2.15. The summed E-state index contributed by atoms with van der Waals surface area (Å²) in [7, 11) is 1.54. The summed E-state index contributed by atoms with van der Waals surface area (Å²) in [5, 5.41) is 15.5. The molecule has 1 unspecified atom stereocenters. The number of aliphatic hydroxyl groups is 1. The van der Waals surface area contributed by atoms with Crippen LogP contribution in [0.2, 0.25) is 0 Å². The van der Waals surface area contributed by atoms with Gasteiger partial charge in [0.2, 0.25) is 0 Å². The average Bonchev–Trinajstić information content (AvgIpc) is 2.78. The third-order valence-electron chi connectivity index (χ3n) is 2.94. The SMILES string of the molecule is CCC(C)(CCO)NC(=O)c1cc(COC)on1. The molecule has 0 saturated carbocycles. The van der Waals surface area contributed by atoms with Gasteiger partial charge in [0.25, 0.3) is 5.91 Å². The van der Waals surface area contributed by atoms with Gasteiger partial charge in [-0.05, 0) is 19.8 Å². The second-order valence-electron chi connectivity index (χ2n) is 4.45. The lowest BCUT2D eigenvalue weighted by Gasteiger charge is -2.28. The Bertz CT molecular complexity index is 391. The maximum atomic E-state index is 12.0. The molecule has 0 saturated heterocycles. The standard InChI is InChI=1S/C12H20N2O4/c1-4-12(2,5-6-15)13-11(16)10-7-9(8-17-3)18-14-10/h7,15H,4-6,8H2,1-3H3,(H,13,16). The van der Waals surface area contributed by atoms with Gasteiger partial charge in [-0.3, -0.25) is 4.79 Å². The largest absolute Gasteiger partial charge is 0.396 e. The Morgan fingerprint density at radius 2 is 2.39 bits per heavy atom. The van der Waals surface area contributed by atoms with Gasteiger partial charge in [0.05, 0.1) is 0 Å². The number of ether oxygens (including phenoxy) is 1. The fraction of sp³-hybridized carbons (Fsp3) is 0.667. The summed E-state index contributed by atoms with van der Waals surface area (Å²) in [6, 6.07) is 1.55. The molecule has 0 radical (unpaired) electrons. The van der Waals surface area contributed by atoms with Gasteiger partial charge in [-0.15, -0.1) is 0 Å². The minimum absolute atomic E-state index is 0.0262. The molecule has 1 aromatic rings. The molecule has 1 heterocycles. The number of hydrogen-bond acceptors (Lipinski definition) is 5. The summed E-state index contributed by atoms with van der Waals surface area (Å²) in [6.45, 7) is 4.15. The number of rotatable bonds is 7. The summed E-state index contributed by atoms with van der Waals surface area (Å²) >= 11 is 0. The second kappa shape index (κ2) is 6.51. The molecule has 18 heavy (non-hydrogen) atoms. The van der Waals surface area contributed by atoms with Crippen LogP contribution in [-0.2, 0) is 11.3 Å². The van der Waals surface area contributed by atoms with Crippen LogP contribution in [0.3, 0.4) is 0 Å². The van der Waals surface area contributed by atoms with Gasteiger partial charge >= 0.3 is 0 Å². The van der Waals surface area contributed by atoms with Crippen molar-refractivity contribution in [3.8, 4) is 0 Å². The molecule has 6 nitrogen and oxygen atoms in total. The topological polar surface area (TPSA) is 84.6 Å². The summed E-state index contributed by atoms with van der Waals surface area (Å²) in [6.07, 6.45) is 1.22. The number of aliphatic hydroxyl groups excluding tert-OH is 1. The number of methoxy groups -OCH3 is 1. The molecule has 1 atom stereocenters. The molecule has 0 aliphatic carbocycles. The second-order valence-corrected chi connectivity index (χ2v) is 4.45. The van der Waals surface area contributed by atoms with Gasteiger partial charge in [0.15, 0.2) is 11.5 Å². The fourth-order valence-electron chi connectivity index (χ4n) is 1.54. The third-order valence-corrected chi connectivity index (χ3v) is 2.94. The third kappa shape index (κ3) is 3.82. The lowest BCUT2D eigenvalue weighted by Crippen LogP contribution is -2.46. The first-order valence-electron chi connectivity index (χ1n) is 5.92. The first-order valence-corrected chi connectivity index (χ1v) is 5.92. The number of amides is 1. The van der Waals surface area contributed by atoms with Crippen molar-refractivity contribution in [3.63, 3.8) is 0 Å². The molecule has 1 rings (SSSR count). The van der Waals surface area contributed by atoms with Gasteiger partial charge in [-0.1, -0.05) is 12.1 Å². The van der Waals surface area contributed by atoms with Crippen LogP contribution in [0.4, 0.5) is 0 Å². The van der Waals surface area contributed by atoms with E-state index in [1.807, 2.05) is 13.8 Å². The Labute approximate surface area is 106 Å². The number of nitrogens with zero attached hydrogens (tertiary/aromatic N) is 1. The van der Waals surface area contributed by atoms with Gasteiger partial charge < -0.3 is 19.7 Å². The van der Waals surface area contributed by atoms with Gasteiger partial charge in [-0.25, -0.2) is 0 Å². The Balaban J connectivity index is 2.68. The van der Waals surface area contributed by atoms with Crippen molar-refractivity contribution in [3.05, 3.63) is 17.5 Å². The van der Waals surface area contributed by atoms with E-state index in [1.54, 1.807) is 6.07 Å². The van der Waals surface area contributed by atoms with Crippen LogP contribution in [0.25, 0.3) is 0 Å². The van der Waals surface area contributed by atoms with Crippen molar-refractivity contribution >= 4 is 5.91 Å². The van der Waals surface area contributed by atoms with Crippen LogP contribution in [0.15, 0.2) is 10.6 Å². The highest BCUT2D eigenvalue weighted by Gasteiger charge is 2.25. The van der Waals surface area contributed by atoms with Crippen molar-refractivity contribution in [2.24, 2.45) is 0 Å². The maximum Gasteiger partial charge on any atom is 0.273 e. The van der Waals surface area contributed by atoms with Crippen molar-refractivity contribution in [2.75, 3.05) is 13.7 Å². The lowest BCUT2D eigenvalue weighted by molar-refractivity contribution is 0.0876. The van der Waals surface area contributed by atoms with Crippen molar-refractivity contribution in [2.45, 2.75) is 38.8 Å². The van der Waals surface area contributed by atoms with E-state index in [-0.39, 0.29) is 24.8 Å². The summed E-state index contributed by atoms with van der Waals surface area (Å²) in [5.74, 6) is 0.196. The molecule has 0 bridgehead atoms. The molecule has 1 amide bonds. The van der Waals surface area contributed by atoms with Crippen molar-refractivity contribution < 1.29 is 19.2 Å². The Morgan fingerprint density at radius 3 is 2.94 bits per heavy atom. The first-order chi connectivity index (χ1) is 8.54. The minimum Gasteiger partial charge on any atom is -0.396 e. The van der Waals surface area contributed by atoms with E-state index in [4.69, 9.17) is 14.4 Å². The van der Waals surface area contributed by atoms with E-state index in [1.165, 1.54) is 7.11 Å². The van der Waals surface area contributed by atoms with E-state index in [2.05, 4.69) is 10.5 Å². The van der Waals surface area contributed by atoms with E-state index in [0.29, 0.717) is 12.2 Å². The highest BCUT2D eigenvalue weighted by atomic mass is 16.5. The summed E-state index contributed by atoms with van der Waals surface area (Å²) in [5.41, 5.74) is -0.216. The Morgan fingerprint density at radius 1 is 1.67 bits per heavy atom.